The maximum Gasteiger partial charge on any atom is 0.317 e. The average Bonchev–Trinajstić information content (AvgIpc) is 3.54. The van der Waals surface area contributed by atoms with Crippen molar-refractivity contribution in [3.8, 4) is 11.5 Å². The van der Waals surface area contributed by atoms with Gasteiger partial charge in [0.05, 0.1) is 64.9 Å². The van der Waals surface area contributed by atoms with Crippen LogP contribution in [0.1, 0.15) is 80.3 Å². The number of allylic oxidation sites excluding steroid dienone is 3. The SMILES string of the molecule is CO[C@H]1/C=C/O[C@@]2(C)Oc3c(C)c(O)c4c(c3C2=O)C(=O)/C(=C/N/N=C/[n+]2cccc3ccccc32)C(=C4O)NC(=O)/C(C)=C\C=C\[C@H](C)[C@H](O)[C@@H](C)[C@@H](O)[C@@H](C)[C@H](OC(C)=O)[C@@H]1C. The highest BCUT2D eigenvalue weighted by atomic mass is 16.7. The lowest BCUT2D eigenvalue weighted by Gasteiger charge is -2.38. The van der Waals surface area contributed by atoms with E-state index in [0.717, 1.165) is 17.1 Å². The topological polar surface area (TPSA) is 226 Å². The molecule has 0 saturated carbocycles. The molecule has 338 valence electrons. The van der Waals surface area contributed by atoms with E-state index in [1.165, 1.54) is 59.6 Å². The number of aromatic hydroxyl groups is 1. The predicted molar refractivity (Wildman–Crippen MR) is 236 cm³/mol. The van der Waals surface area contributed by atoms with Gasteiger partial charge in [-0.05, 0) is 38.1 Å². The van der Waals surface area contributed by atoms with Crippen LogP contribution in [0.15, 0.2) is 101 Å². The number of aromatic nitrogens is 1. The van der Waals surface area contributed by atoms with E-state index in [1.807, 2.05) is 36.4 Å². The molecule has 0 radical (unpaired) electrons. The Hall–Kier alpha value is -6.62. The third-order valence-electron chi connectivity index (χ3n) is 12.2. The minimum Gasteiger partial charge on any atom is -0.507 e. The van der Waals surface area contributed by atoms with Crippen LogP contribution in [0.3, 0.4) is 0 Å². The van der Waals surface area contributed by atoms with Crippen LogP contribution in [0.25, 0.3) is 16.7 Å². The van der Waals surface area contributed by atoms with Crippen LogP contribution < -0.4 is 20.0 Å². The monoisotopic (exact) mass is 879 g/mol. The van der Waals surface area contributed by atoms with Crippen LogP contribution in [0.5, 0.6) is 11.5 Å². The first-order valence-corrected chi connectivity index (χ1v) is 20.9. The number of fused-ring (bicyclic) bond motifs is 15. The number of hydrogen-bond donors (Lipinski definition) is 6. The number of nitrogens with one attached hydrogen (secondary N) is 2. The molecular weight excluding hydrogens is 825 g/mol. The third kappa shape index (κ3) is 8.94. The van der Waals surface area contributed by atoms with Gasteiger partial charge in [-0.1, -0.05) is 64.1 Å². The molecule has 0 spiro atoms. The summed E-state index contributed by atoms with van der Waals surface area (Å²) in [5, 5.41) is 54.3. The number of benzene rings is 2. The number of ketones is 2. The summed E-state index contributed by atoms with van der Waals surface area (Å²) in [6.07, 6.45) is 7.72. The van der Waals surface area contributed by atoms with Crippen molar-refractivity contribution < 1.29 is 63.1 Å². The van der Waals surface area contributed by atoms with E-state index < -0.39 is 100.0 Å². The number of phenols is 1. The molecule has 16 heteroatoms. The Bertz CT molecular complexity index is 2550. The number of hydrazone groups is 1. The summed E-state index contributed by atoms with van der Waals surface area (Å²) >= 11 is 0. The molecule has 64 heavy (non-hydrogen) atoms. The second-order valence-electron chi connectivity index (χ2n) is 16.6. The lowest BCUT2D eigenvalue weighted by Crippen LogP contribution is -2.46. The Morgan fingerprint density at radius 2 is 1.66 bits per heavy atom. The Labute approximate surface area is 370 Å². The van der Waals surface area contributed by atoms with Gasteiger partial charge >= 0.3 is 18.1 Å². The summed E-state index contributed by atoms with van der Waals surface area (Å²) in [5.74, 6) is -9.18. The fourth-order valence-electron chi connectivity index (χ4n) is 8.35. The number of Topliss-reactive ketones (excluding diaryl/α,β-unsaturated/α-hetero) is 2. The Kier molecular flexibility index (Phi) is 13.9. The summed E-state index contributed by atoms with van der Waals surface area (Å²) in [6.45, 7) is 12.4. The highest BCUT2D eigenvalue weighted by Crippen LogP contribution is 2.50. The van der Waals surface area contributed by atoms with Gasteiger partial charge in [0.25, 0.3) is 11.7 Å². The maximum atomic E-state index is 14.8. The van der Waals surface area contributed by atoms with E-state index in [-0.39, 0.29) is 33.7 Å². The van der Waals surface area contributed by atoms with Gasteiger partial charge in [0.15, 0.2) is 11.5 Å². The largest absolute Gasteiger partial charge is 0.507 e. The molecule has 5 bridgehead atoms. The average molecular weight is 880 g/mol. The molecule has 7 rings (SSSR count). The van der Waals surface area contributed by atoms with E-state index in [0.29, 0.717) is 0 Å². The number of aliphatic hydroxyl groups excluding tert-OH is 3. The Balaban J connectivity index is 1.48. The van der Waals surface area contributed by atoms with Crippen LogP contribution in [0.4, 0.5) is 0 Å². The third-order valence-corrected chi connectivity index (χ3v) is 12.2. The molecule has 1 aliphatic carbocycles. The number of amides is 1. The number of carbonyl (C=O) groups is 4. The molecule has 4 aliphatic rings. The normalized spacial score (nSPS) is 30.4. The molecule has 1 aromatic heterocycles. The standard InChI is InChI=1S/C48H54N4O12/c1-24-14-12-15-25(2)47(60)51-38-32(22-49-50-23-52-20-13-17-31-16-10-11-18-33(31)52)42(57)35-36(43(38)58)41(56)29(6)45-37(35)46(59)48(8,64-45)62-21-19-34(61-9)26(3)44(63-30(7)53)28(5)40(55)27(4)39(24)54/h10-24,26-28,34,39-40,44,54-55H,1-9H3,(H3-,49,51,56,57,58,59,60)/p+1/b14-12+,21-19+,25-15-,50-23+/t24-,26+,27+,28+,34-,39-,40+,44+,48-/m0/s1. The highest BCUT2D eigenvalue weighted by molar-refractivity contribution is 6.25. The van der Waals surface area contributed by atoms with Gasteiger partial charge in [0.1, 0.15) is 23.1 Å². The van der Waals surface area contributed by atoms with Crippen molar-refractivity contribution in [1.29, 1.82) is 0 Å². The van der Waals surface area contributed by atoms with Gasteiger partial charge in [-0.25, -0.2) is 4.57 Å². The van der Waals surface area contributed by atoms with E-state index in [2.05, 4.69) is 15.8 Å². The first-order chi connectivity index (χ1) is 30.3. The van der Waals surface area contributed by atoms with Gasteiger partial charge in [-0.15, -0.1) is 0 Å². The van der Waals surface area contributed by atoms with Crippen LogP contribution in [0, 0.1) is 30.6 Å². The summed E-state index contributed by atoms with van der Waals surface area (Å²) in [7, 11) is 1.42. The molecule has 1 amide bonds. The molecule has 0 fully saturated rings. The van der Waals surface area contributed by atoms with Crippen molar-refractivity contribution in [3.05, 3.63) is 118 Å². The number of rotatable bonds is 5. The minimum atomic E-state index is -2.10. The summed E-state index contributed by atoms with van der Waals surface area (Å²) in [5.41, 5.74) is 1.87. The van der Waals surface area contributed by atoms with Gasteiger partial charge in [-0.2, -0.15) is 5.43 Å². The zero-order chi connectivity index (χ0) is 46.8. The number of para-hydroxylation sites is 1. The molecule has 3 aromatic rings. The quantitative estimate of drug-likeness (QED) is 0.0485. The number of carbonyl (C=O) groups excluding carboxylic acids is 4. The maximum absolute atomic E-state index is 14.8. The zero-order valence-electron chi connectivity index (χ0n) is 37.2. The Morgan fingerprint density at radius 3 is 2.36 bits per heavy atom. The summed E-state index contributed by atoms with van der Waals surface area (Å²) in [6, 6.07) is 11.4. The fraction of sp³-hybridized carbons (Fsp3) is 0.375. The number of nitrogens with zero attached hydrogens (tertiary/aromatic N) is 2. The molecular formula is C48H55N4O12+. The highest BCUT2D eigenvalue weighted by Gasteiger charge is 2.52. The number of phenolic OH excluding ortho intramolecular Hbond substituents is 1. The number of hydrogen-bond acceptors (Lipinski definition) is 14. The van der Waals surface area contributed by atoms with E-state index >= 15 is 0 Å². The number of pyridine rings is 1. The van der Waals surface area contributed by atoms with Crippen LogP contribution in [0.2, 0.25) is 0 Å². The second-order valence-corrected chi connectivity index (χ2v) is 16.6. The number of esters is 1. The van der Waals surface area contributed by atoms with Crippen molar-refractivity contribution in [3.63, 3.8) is 0 Å². The van der Waals surface area contributed by atoms with Gasteiger partial charge in [0, 0.05) is 66.3 Å². The van der Waals surface area contributed by atoms with Gasteiger partial charge in [0.2, 0.25) is 0 Å². The smallest absolute Gasteiger partial charge is 0.317 e. The van der Waals surface area contributed by atoms with Crippen molar-refractivity contribution in [2.75, 3.05) is 7.11 Å². The second kappa shape index (κ2) is 19.0. The van der Waals surface area contributed by atoms with Crippen molar-refractivity contribution in [2.24, 2.45) is 28.8 Å². The van der Waals surface area contributed by atoms with Crippen LogP contribution in [-0.4, -0.2) is 87.5 Å². The van der Waals surface area contributed by atoms with Crippen molar-refractivity contribution >= 4 is 46.4 Å². The molecule has 0 unspecified atom stereocenters. The zero-order valence-corrected chi connectivity index (χ0v) is 37.2. The predicted octanol–water partition coefficient (Wildman–Crippen LogP) is 5.20. The molecule has 16 nitrogen and oxygen atoms in total. The van der Waals surface area contributed by atoms with E-state index in [9.17, 15) is 39.6 Å². The van der Waals surface area contributed by atoms with Crippen LogP contribution in [-0.2, 0) is 23.8 Å². The van der Waals surface area contributed by atoms with Gasteiger partial charge in [-0.3, -0.25) is 19.2 Å². The molecule has 4 heterocycles. The first kappa shape index (κ1) is 46.9. The molecule has 2 aromatic carbocycles. The molecule has 6 N–H and O–H groups in total. The van der Waals surface area contributed by atoms with Gasteiger partial charge < -0.3 is 44.7 Å². The first-order valence-electron chi connectivity index (χ1n) is 20.9. The minimum absolute atomic E-state index is 0.00290. The van der Waals surface area contributed by atoms with E-state index in [4.69, 9.17) is 18.9 Å². The molecule has 3 aliphatic heterocycles. The Morgan fingerprint density at radius 1 is 0.953 bits per heavy atom. The lowest BCUT2D eigenvalue weighted by molar-refractivity contribution is -0.516. The molecule has 9 atom stereocenters. The number of methoxy groups -OCH3 is 1. The van der Waals surface area contributed by atoms with Crippen molar-refractivity contribution in [2.45, 2.75) is 85.6 Å². The van der Waals surface area contributed by atoms with E-state index in [1.54, 1.807) is 50.6 Å². The van der Waals surface area contributed by atoms with Crippen LogP contribution >= 0.6 is 0 Å². The fourth-order valence-corrected chi connectivity index (χ4v) is 8.35. The number of ether oxygens (including phenoxy) is 4. The molecule has 0 saturated heterocycles. The van der Waals surface area contributed by atoms with Crippen molar-refractivity contribution in [1.82, 2.24) is 10.7 Å². The summed E-state index contributed by atoms with van der Waals surface area (Å²) < 4.78 is 25.3. The lowest BCUT2D eigenvalue weighted by atomic mass is 9.78. The number of aliphatic hydroxyl groups is 3. The summed E-state index contributed by atoms with van der Waals surface area (Å²) in [4.78, 5) is 55.4.